The third-order valence-electron chi connectivity index (χ3n) is 4.49. The van der Waals surface area contributed by atoms with Crippen LogP contribution in [0.3, 0.4) is 0 Å². The summed E-state index contributed by atoms with van der Waals surface area (Å²) in [7, 11) is 0. The zero-order chi connectivity index (χ0) is 20.2. The van der Waals surface area contributed by atoms with Crippen LogP contribution in [-0.2, 0) is 0 Å². The topological polar surface area (TPSA) is 67.3 Å². The van der Waals surface area contributed by atoms with Gasteiger partial charge in [0.05, 0.1) is 6.04 Å². The standard InChI is InChI=1S/C22H17F2N3O2/c23-22(24)29-16-9-6-15(7-10-16)19(27-18-5-1-2-12-25-18)17-11-8-14-4-3-13-26-20(14)21(17)28/h1-13,19,22,28H,(H,25,27)/t19-/m1/s1. The highest BCUT2D eigenvalue weighted by Gasteiger charge is 2.20. The lowest BCUT2D eigenvalue weighted by Crippen LogP contribution is -2.14. The molecule has 0 fully saturated rings. The van der Waals surface area contributed by atoms with E-state index in [2.05, 4.69) is 20.0 Å². The predicted molar refractivity (Wildman–Crippen MR) is 106 cm³/mol. The van der Waals surface area contributed by atoms with Crippen LogP contribution < -0.4 is 10.1 Å². The Morgan fingerprint density at radius 3 is 2.38 bits per heavy atom. The summed E-state index contributed by atoms with van der Waals surface area (Å²) in [5.74, 6) is 0.708. The van der Waals surface area contributed by atoms with Crippen LogP contribution in [0.2, 0.25) is 0 Å². The second-order valence-corrected chi connectivity index (χ2v) is 6.32. The lowest BCUT2D eigenvalue weighted by atomic mass is 9.96. The minimum absolute atomic E-state index is 0.0458. The molecule has 0 aliphatic rings. The van der Waals surface area contributed by atoms with Gasteiger partial charge >= 0.3 is 6.61 Å². The molecule has 146 valence electrons. The summed E-state index contributed by atoms with van der Waals surface area (Å²) < 4.78 is 29.3. The average molecular weight is 393 g/mol. The summed E-state index contributed by atoms with van der Waals surface area (Å²) in [6.45, 7) is -2.89. The Bertz CT molecular complexity index is 1110. The molecular weight excluding hydrogens is 376 g/mol. The van der Waals surface area contributed by atoms with Gasteiger partial charge in [-0.05, 0) is 35.9 Å². The lowest BCUT2D eigenvalue weighted by Gasteiger charge is -2.22. The second kappa shape index (κ2) is 8.10. The smallest absolute Gasteiger partial charge is 0.387 e. The molecule has 2 aromatic carbocycles. The second-order valence-electron chi connectivity index (χ2n) is 6.32. The van der Waals surface area contributed by atoms with Crippen molar-refractivity contribution in [3.05, 3.63) is 90.3 Å². The normalized spacial score (nSPS) is 12.1. The number of hydrogen-bond acceptors (Lipinski definition) is 5. The molecule has 7 heteroatoms. The van der Waals surface area contributed by atoms with Crippen molar-refractivity contribution in [2.45, 2.75) is 12.7 Å². The number of ether oxygens (including phenoxy) is 1. The van der Waals surface area contributed by atoms with Crippen molar-refractivity contribution in [2.75, 3.05) is 5.32 Å². The van der Waals surface area contributed by atoms with Crippen molar-refractivity contribution >= 4 is 16.7 Å². The molecule has 5 nitrogen and oxygen atoms in total. The number of phenols is 1. The Morgan fingerprint density at radius 1 is 0.862 bits per heavy atom. The number of nitrogens with one attached hydrogen (secondary N) is 1. The number of halogens is 2. The van der Waals surface area contributed by atoms with Crippen LogP contribution in [0.5, 0.6) is 11.5 Å². The maximum Gasteiger partial charge on any atom is 0.387 e. The summed E-state index contributed by atoms with van der Waals surface area (Å²) in [5, 5.41) is 15.0. The molecule has 1 atom stereocenters. The molecule has 2 heterocycles. The molecule has 4 aromatic rings. The van der Waals surface area contributed by atoms with Gasteiger partial charge in [0.2, 0.25) is 0 Å². The number of hydrogen-bond donors (Lipinski definition) is 2. The predicted octanol–water partition coefficient (Wildman–Crippen LogP) is 5.14. The van der Waals surface area contributed by atoms with E-state index in [0.29, 0.717) is 16.9 Å². The third-order valence-corrected chi connectivity index (χ3v) is 4.49. The van der Waals surface area contributed by atoms with Crippen LogP contribution in [-0.4, -0.2) is 21.7 Å². The summed E-state index contributed by atoms with van der Waals surface area (Å²) in [6.07, 6.45) is 3.27. The first-order chi connectivity index (χ1) is 14.1. The zero-order valence-electron chi connectivity index (χ0n) is 15.2. The zero-order valence-corrected chi connectivity index (χ0v) is 15.2. The van der Waals surface area contributed by atoms with Crippen LogP contribution in [0.4, 0.5) is 14.6 Å². The van der Waals surface area contributed by atoms with Gasteiger partial charge in [0.1, 0.15) is 22.8 Å². The maximum absolute atomic E-state index is 12.5. The van der Waals surface area contributed by atoms with E-state index in [9.17, 15) is 13.9 Å². The number of alkyl halides is 2. The molecule has 0 saturated carbocycles. The molecule has 0 aliphatic carbocycles. The molecule has 0 aliphatic heterocycles. The first-order valence-corrected chi connectivity index (χ1v) is 8.91. The first-order valence-electron chi connectivity index (χ1n) is 8.91. The Hall–Kier alpha value is -3.74. The maximum atomic E-state index is 12.5. The highest BCUT2D eigenvalue weighted by atomic mass is 19.3. The van der Waals surface area contributed by atoms with Gasteiger partial charge in [0.25, 0.3) is 0 Å². The molecule has 29 heavy (non-hydrogen) atoms. The Balaban J connectivity index is 1.77. The molecule has 0 amide bonds. The third kappa shape index (κ3) is 4.08. The van der Waals surface area contributed by atoms with Gasteiger partial charge in [0.15, 0.2) is 0 Å². The molecule has 4 rings (SSSR count). The van der Waals surface area contributed by atoms with Crippen molar-refractivity contribution in [1.82, 2.24) is 9.97 Å². The van der Waals surface area contributed by atoms with Gasteiger partial charge in [-0.1, -0.05) is 36.4 Å². The molecule has 0 unspecified atom stereocenters. The number of fused-ring (bicyclic) bond motifs is 1. The van der Waals surface area contributed by atoms with Crippen LogP contribution in [0, 0.1) is 0 Å². The van der Waals surface area contributed by atoms with Gasteiger partial charge in [-0.25, -0.2) is 4.98 Å². The summed E-state index contributed by atoms with van der Waals surface area (Å²) in [6, 6.07) is 18.6. The van der Waals surface area contributed by atoms with E-state index in [0.717, 1.165) is 10.9 Å². The fourth-order valence-corrected chi connectivity index (χ4v) is 3.16. The van der Waals surface area contributed by atoms with Gasteiger partial charge < -0.3 is 15.2 Å². The molecule has 0 bridgehead atoms. The Kier molecular flexibility index (Phi) is 5.20. The number of pyridine rings is 2. The number of phenolic OH excluding ortho intramolecular Hbond substituents is 1. The molecule has 0 spiro atoms. The fourth-order valence-electron chi connectivity index (χ4n) is 3.16. The van der Waals surface area contributed by atoms with Crippen LogP contribution >= 0.6 is 0 Å². The number of rotatable bonds is 6. The van der Waals surface area contributed by atoms with Gasteiger partial charge in [-0.15, -0.1) is 0 Å². The number of nitrogens with zero attached hydrogens (tertiary/aromatic N) is 2. The van der Waals surface area contributed by atoms with E-state index >= 15 is 0 Å². The largest absolute Gasteiger partial charge is 0.505 e. The van der Waals surface area contributed by atoms with Gasteiger partial charge in [-0.3, -0.25) is 4.98 Å². The molecule has 2 aromatic heterocycles. The molecule has 0 saturated heterocycles. The number of aromatic hydroxyl groups is 1. The number of benzene rings is 2. The highest BCUT2D eigenvalue weighted by molar-refractivity contribution is 5.86. The highest BCUT2D eigenvalue weighted by Crippen LogP contribution is 2.36. The van der Waals surface area contributed by atoms with Gasteiger partial charge in [-0.2, -0.15) is 8.78 Å². The summed E-state index contributed by atoms with van der Waals surface area (Å²) in [5.41, 5.74) is 1.81. The van der Waals surface area contributed by atoms with Crippen molar-refractivity contribution in [2.24, 2.45) is 0 Å². The van der Waals surface area contributed by atoms with E-state index in [-0.39, 0.29) is 11.5 Å². The van der Waals surface area contributed by atoms with Crippen LogP contribution in [0.15, 0.2) is 79.1 Å². The molecule has 2 N–H and O–H groups in total. The van der Waals surface area contributed by atoms with Crippen molar-refractivity contribution in [1.29, 1.82) is 0 Å². The molecule has 0 radical (unpaired) electrons. The van der Waals surface area contributed by atoms with Crippen LogP contribution in [0.1, 0.15) is 17.2 Å². The van der Waals surface area contributed by atoms with Crippen molar-refractivity contribution in [3.8, 4) is 11.5 Å². The van der Waals surface area contributed by atoms with Crippen molar-refractivity contribution < 1.29 is 18.6 Å². The van der Waals surface area contributed by atoms with E-state index in [1.165, 1.54) is 12.1 Å². The van der Waals surface area contributed by atoms with E-state index in [1.807, 2.05) is 24.3 Å². The monoisotopic (exact) mass is 393 g/mol. The van der Waals surface area contributed by atoms with E-state index in [4.69, 9.17) is 0 Å². The SMILES string of the molecule is Oc1c([C@H](Nc2ccccn2)c2ccc(OC(F)F)cc2)ccc2cccnc12. The fraction of sp³-hybridized carbons (Fsp3) is 0.0909. The average Bonchev–Trinajstić information content (AvgIpc) is 2.74. The minimum atomic E-state index is -2.89. The lowest BCUT2D eigenvalue weighted by molar-refractivity contribution is -0.0498. The minimum Gasteiger partial charge on any atom is -0.505 e. The molecular formula is C22H17F2N3O2. The Morgan fingerprint density at radius 2 is 1.66 bits per heavy atom. The van der Waals surface area contributed by atoms with E-state index in [1.54, 1.807) is 42.7 Å². The Labute approximate surface area is 165 Å². The van der Waals surface area contributed by atoms with Crippen LogP contribution in [0.25, 0.3) is 10.9 Å². The van der Waals surface area contributed by atoms with Gasteiger partial charge in [0, 0.05) is 23.3 Å². The quantitative estimate of drug-likeness (QED) is 0.475. The first kappa shape index (κ1) is 18.6. The number of aromatic nitrogens is 2. The van der Waals surface area contributed by atoms with Crippen molar-refractivity contribution in [3.63, 3.8) is 0 Å². The van der Waals surface area contributed by atoms with E-state index < -0.39 is 12.7 Å². The summed E-state index contributed by atoms with van der Waals surface area (Å²) in [4.78, 5) is 8.56. The number of anilines is 1. The summed E-state index contributed by atoms with van der Waals surface area (Å²) >= 11 is 0.